The van der Waals surface area contributed by atoms with Crippen molar-refractivity contribution in [2.24, 2.45) is 0 Å². The predicted octanol–water partition coefficient (Wildman–Crippen LogP) is 4.65. The predicted molar refractivity (Wildman–Crippen MR) is 93.2 cm³/mol. The molecule has 3 nitrogen and oxygen atoms in total. The molecule has 5 heteroatoms. The van der Waals surface area contributed by atoms with Crippen LogP contribution in [0.15, 0.2) is 28.7 Å². The first kappa shape index (κ1) is 18.5. The standard InChI is InChI=1S/C16H24BrNO2S/c1-6-20-14(19)11-16(5,18-21-15(2,3)4)12-8-7-9-13(17)10-12/h7-10,18H,6,11H2,1-5H3. The number of rotatable bonds is 6. The van der Waals surface area contributed by atoms with Crippen LogP contribution in [0.3, 0.4) is 0 Å². The van der Waals surface area contributed by atoms with Gasteiger partial charge in [0.05, 0.1) is 18.6 Å². The maximum atomic E-state index is 12.0. The number of carbonyl (C=O) groups excluding carboxylic acids is 1. The van der Waals surface area contributed by atoms with Crippen LogP contribution in [-0.2, 0) is 15.1 Å². The highest BCUT2D eigenvalue weighted by Gasteiger charge is 2.32. The third-order valence-corrected chi connectivity index (χ3v) is 4.51. The van der Waals surface area contributed by atoms with Crippen LogP contribution >= 0.6 is 27.9 Å². The van der Waals surface area contributed by atoms with E-state index >= 15 is 0 Å². The van der Waals surface area contributed by atoms with Gasteiger partial charge in [-0.05, 0) is 52.3 Å². The lowest BCUT2D eigenvalue weighted by Gasteiger charge is -2.33. The molecule has 0 aliphatic rings. The maximum Gasteiger partial charge on any atom is 0.308 e. The molecule has 1 aromatic rings. The Morgan fingerprint density at radius 3 is 2.52 bits per heavy atom. The van der Waals surface area contributed by atoms with Gasteiger partial charge in [-0.2, -0.15) is 0 Å². The van der Waals surface area contributed by atoms with Crippen molar-refractivity contribution in [3.63, 3.8) is 0 Å². The van der Waals surface area contributed by atoms with Crippen molar-refractivity contribution >= 4 is 33.8 Å². The number of ether oxygens (including phenoxy) is 1. The summed E-state index contributed by atoms with van der Waals surface area (Å²) < 4.78 is 9.64. The second kappa shape index (κ2) is 7.65. The molecule has 1 rings (SSSR count). The molecule has 0 radical (unpaired) electrons. The summed E-state index contributed by atoms with van der Waals surface area (Å²) >= 11 is 5.12. The molecule has 0 amide bonds. The molecular weight excluding hydrogens is 350 g/mol. The van der Waals surface area contributed by atoms with Crippen LogP contribution in [0, 0.1) is 0 Å². The third-order valence-electron chi connectivity index (χ3n) is 2.85. The summed E-state index contributed by atoms with van der Waals surface area (Å²) in [7, 11) is 0. The number of carbonyl (C=O) groups is 1. The van der Waals surface area contributed by atoms with Gasteiger partial charge in [-0.25, -0.2) is 0 Å². The van der Waals surface area contributed by atoms with Crippen LogP contribution < -0.4 is 4.72 Å². The Bertz CT molecular complexity index is 487. The Hall–Kier alpha value is -0.520. The van der Waals surface area contributed by atoms with Gasteiger partial charge in [-0.15, -0.1) is 0 Å². The maximum absolute atomic E-state index is 12.0. The van der Waals surface area contributed by atoms with Crippen molar-refractivity contribution < 1.29 is 9.53 Å². The third kappa shape index (κ3) is 6.41. The van der Waals surface area contributed by atoms with Crippen molar-refractivity contribution in [3.8, 4) is 0 Å². The summed E-state index contributed by atoms with van der Waals surface area (Å²) in [6.45, 7) is 10.7. The van der Waals surface area contributed by atoms with Gasteiger partial charge in [0.25, 0.3) is 0 Å². The number of hydrogen-bond acceptors (Lipinski definition) is 4. The summed E-state index contributed by atoms with van der Waals surface area (Å²) in [6, 6.07) is 8.02. The second-order valence-electron chi connectivity index (χ2n) is 6.14. The van der Waals surface area contributed by atoms with Gasteiger partial charge in [-0.3, -0.25) is 9.52 Å². The van der Waals surface area contributed by atoms with Gasteiger partial charge in [0.15, 0.2) is 0 Å². The number of benzene rings is 1. The average molecular weight is 374 g/mol. The zero-order valence-electron chi connectivity index (χ0n) is 13.3. The van der Waals surface area contributed by atoms with Gasteiger partial charge in [-0.1, -0.05) is 40.0 Å². The van der Waals surface area contributed by atoms with Crippen molar-refractivity contribution in [2.45, 2.75) is 51.3 Å². The second-order valence-corrected chi connectivity index (χ2v) is 8.69. The summed E-state index contributed by atoms with van der Waals surface area (Å²) in [5.74, 6) is -0.193. The normalized spacial score (nSPS) is 14.6. The SMILES string of the molecule is CCOC(=O)CC(C)(NSC(C)(C)C)c1cccc(Br)c1. The summed E-state index contributed by atoms with van der Waals surface area (Å²) in [5, 5.41) is 0. The molecule has 1 unspecified atom stereocenters. The molecule has 0 aliphatic heterocycles. The molecule has 1 atom stereocenters. The van der Waals surface area contributed by atoms with Crippen molar-refractivity contribution in [3.05, 3.63) is 34.3 Å². The van der Waals surface area contributed by atoms with Crippen molar-refractivity contribution in [1.29, 1.82) is 0 Å². The van der Waals surface area contributed by atoms with E-state index in [2.05, 4.69) is 41.4 Å². The van der Waals surface area contributed by atoms with E-state index in [-0.39, 0.29) is 10.7 Å². The molecule has 0 saturated heterocycles. The van der Waals surface area contributed by atoms with Crippen LogP contribution in [0.5, 0.6) is 0 Å². The Balaban J connectivity index is 3.00. The number of nitrogens with one attached hydrogen (secondary N) is 1. The monoisotopic (exact) mass is 373 g/mol. The Morgan fingerprint density at radius 2 is 2.00 bits per heavy atom. The molecule has 0 aliphatic carbocycles. The minimum absolute atomic E-state index is 0.0575. The fourth-order valence-corrected chi connectivity index (χ4v) is 2.92. The largest absolute Gasteiger partial charge is 0.466 e. The van der Waals surface area contributed by atoms with Gasteiger partial charge >= 0.3 is 5.97 Å². The lowest BCUT2D eigenvalue weighted by atomic mass is 9.90. The number of esters is 1. The van der Waals surface area contributed by atoms with Gasteiger partial charge in [0.2, 0.25) is 0 Å². The van der Waals surface area contributed by atoms with Gasteiger partial charge < -0.3 is 4.74 Å². The van der Waals surface area contributed by atoms with E-state index in [4.69, 9.17) is 4.74 Å². The summed E-state index contributed by atoms with van der Waals surface area (Å²) in [5.41, 5.74) is 0.579. The minimum Gasteiger partial charge on any atom is -0.466 e. The van der Waals surface area contributed by atoms with Crippen LogP contribution in [0.2, 0.25) is 0 Å². The highest BCUT2D eigenvalue weighted by molar-refractivity contribution is 9.10. The fourth-order valence-electron chi connectivity index (χ4n) is 1.80. The molecule has 1 N–H and O–H groups in total. The Kier molecular flexibility index (Phi) is 6.75. The molecule has 0 spiro atoms. The first-order valence-corrected chi connectivity index (χ1v) is 8.64. The van der Waals surface area contributed by atoms with Crippen molar-refractivity contribution in [1.82, 2.24) is 4.72 Å². The van der Waals surface area contributed by atoms with Gasteiger partial charge in [0.1, 0.15) is 0 Å². The lowest BCUT2D eigenvalue weighted by molar-refractivity contribution is -0.144. The topological polar surface area (TPSA) is 38.3 Å². The Labute approximate surface area is 140 Å². The van der Waals surface area contributed by atoms with Crippen LogP contribution in [0.1, 0.15) is 46.6 Å². The number of halogens is 1. The molecule has 21 heavy (non-hydrogen) atoms. The highest BCUT2D eigenvalue weighted by atomic mass is 79.9. The molecule has 118 valence electrons. The minimum atomic E-state index is -0.478. The van der Waals surface area contributed by atoms with E-state index in [0.29, 0.717) is 13.0 Å². The van der Waals surface area contributed by atoms with E-state index < -0.39 is 5.54 Å². The molecule has 0 fully saturated rings. The van der Waals surface area contributed by atoms with Crippen LogP contribution in [0.4, 0.5) is 0 Å². The van der Waals surface area contributed by atoms with Gasteiger partial charge in [0, 0.05) is 9.22 Å². The molecule has 0 heterocycles. The highest BCUT2D eigenvalue weighted by Crippen LogP contribution is 2.32. The van der Waals surface area contributed by atoms with Crippen molar-refractivity contribution in [2.75, 3.05) is 6.61 Å². The van der Waals surface area contributed by atoms with E-state index in [0.717, 1.165) is 10.0 Å². The first-order valence-electron chi connectivity index (χ1n) is 7.03. The number of hydrogen-bond donors (Lipinski definition) is 1. The molecule has 1 aromatic carbocycles. The molecule has 0 aromatic heterocycles. The van der Waals surface area contributed by atoms with E-state index in [1.807, 2.05) is 38.1 Å². The quantitative estimate of drug-likeness (QED) is 0.581. The zero-order valence-corrected chi connectivity index (χ0v) is 15.7. The van der Waals surface area contributed by atoms with Crippen LogP contribution in [0.25, 0.3) is 0 Å². The lowest BCUT2D eigenvalue weighted by Crippen LogP contribution is -2.40. The average Bonchev–Trinajstić information content (AvgIpc) is 2.36. The smallest absolute Gasteiger partial charge is 0.308 e. The summed E-state index contributed by atoms with van der Waals surface area (Å²) in [4.78, 5) is 12.0. The molecule has 0 saturated carbocycles. The fraction of sp³-hybridized carbons (Fsp3) is 0.562. The van der Waals surface area contributed by atoms with E-state index in [1.165, 1.54) is 0 Å². The molecular formula is C16H24BrNO2S. The van der Waals surface area contributed by atoms with E-state index in [1.54, 1.807) is 11.9 Å². The zero-order chi connectivity index (χ0) is 16.1. The van der Waals surface area contributed by atoms with Crippen LogP contribution in [-0.4, -0.2) is 17.3 Å². The van der Waals surface area contributed by atoms with E-state index in [9.17, 15) is 4.79 Å². The molecule has 0 bridgehead atoms. The summed E-state index contributed by atoms with van der Waals surface area (Å²) in [6.07, 6.45) is 0.292. The Morgan fingerprint density at radius 1 is 1.33 bits per heavy atom. The first-order chi connectivity index (χ1) is 9.66.